The molecule has 3 aromatic rings. The van der Waals surface area contributed by atoms with Crippen LogP contribution in [0, 0.1) is 6.92 Å². The summed E-state index contributed by atoms with van der Waals surface area (Å²) < 4.78 is 4.68. The van der Waals surface area contributed by atoms with Crippen molar-refractivity contribution < 1.29 is 14.6 Å². The van der Waals surface area contributed by atoms with Gasteiger partial charge in [-0.15, -0.1) is 0 Å². The monoisotopic (exact) mass is 329 g/mol. The number of fused-ring (bicyclic) bond motifs is 1. The van der Waals surface area contributed by atoms with Crippen LogP contribution in [0.15, 0.2) is 36.4 Å². The Morgan fingerprint density at radius 2 is 2.09 bits per heavy atom. The molecule has 0 atom stereocenters. The topological polar surface area (TPSA) is 62.3 Å². The molecule has 3 rings (SSSR count). The summed E-state index contributed by atoms with van der Waals surface area (Å²) in [6.45, 7) is 2.04. The minimum absolute atomic E-state index is 0.110. The van der Waals surface area contributed by atoms with E-state index in [4.69, 9.17) is 11.6 Å². The van der Waals surface area contributed by atoms with Crippen LogP contribution in [0.5, 0.6) is 5.75 Å². The molecule has 1 aromatic heterocycles. The van der Waals surface area contributed by atoms with E-state index in [1.54, 1.807) is 6.07 Å². The predicted molar refractivity (Wildman–Crippen MR) is 90.3 cm³/mol. The molecule has 0 bridgehead atoms. The number of benzene rings is 2. The lowest BCUT2D eigenvalue weighted by molar-refractivity contribution is 0.0597. The van der Waals surface area contributed by atoms with E-state index < -0.39 is 5.97 Å². The van der Waals surface area contributed by atoms with Gasteiger partial charge >= 0.3 is 5.97 Å². The summed E-state index contributed by atoms with van der Waals surface area (Å²) in [5.41, 5.74) is 3.72. The Morgan fingerprint density at radius 3 is 2.78 bits per heavy atom. The summed E-state index contributed by atoms with van der Waals surface area (Å²) >= 11 is 6.20. The van der Waals surface area contributed by atoms with Crippen LogP contribution < -0.4 is 0 Å². The van der Waals surface area contributed by atoms with Crippen molar-refractivity contribution in [1.82, 2.24) is 4.98 Å². The van der Waals surface area contributed by atoms with Crippen molar-refractivity contribution >= 4 is 28.5 Å². The number of esters is 1. The highest BCUT2D eigenvalue weighted by molar-refractivity contribution is 6.31. The van der Waals surface area contributed by atoms with E-state index in [1.807, 2.05) is 31.2 Å². The Labute approximate surface area is 138 Å². The first-order valence-electron chi connectivity index (χ1n) is 7.17. The van der Waals surface area contributed by atoms with Crippen molar-refractivity contribution in [3.8, 4) is 5.75 Å². The van der Waals surface area contributed by atoms with Gasteiger partial charge in [-0.3, -0.25) is 0 Å². The highest BCUT2D eigenvalue weighted by Gasteiger charge is 2.18. The van der Waals surface area contributed by atoms with Crippen molar-refractivity contribution in [2.24, 2.45) is 0 Å². The number of aromatic nitrogens is 1. The van der Waals surface area contributed by atoms with Crippen molar-refractivity contribution in [3.63, 3.8) is 0 Å². The minimum Gasteiger partial charge on any atom is -0.507 e. The van der Waals surface area contributed by atoms with E-state index in [0.717, 1.165) is 16.6 Å². The average Bonchev–Trinajstić information content (AvgIpc) is 2.95. The number of halogens is 1. The third kappa shape index (κ3) is 2.78. The van der Waals surface area contributed by atoms with E-state index in [9.17, 15) is 9.90 Å². The van der Waals surface area contributed by atoms with E-state index in [2.05, 4.69) is 9.72 Å². The molecule has 0 aliphatic rings. The lowest BCUT2D eigenvalue weighted by Crippen LogP contribution is -2.03. The molecular formula is C18H16ClNO3. The molecule has 0 spiro atoms. The number of phenols is 1. The molecular weight excluding hydrogens is 314 g/mol. The number of hydrogen-bond acceptors (Lipinski definition) is 3. The van der Waals surface area contributed by atoms with Crippen LogP contribution in [-0.2, 0) is 11.2 Å². The summed E-state index contributed by atoms with van der Waals surface area (Å²) in [6.07, 6.45) is 0.392. The fourth-order valence-electron chi connectivity index (χ4n) is 2.70. The largest absolute Gasteiger partial charge is 0.507 e. The second-order valence-electron chi connectivity index (χ2n) is 5.42. The molecule has 23 heavy (non-hydrogen) atoms. The van der Waals surface area contributed by atoms with Crippen LogP contribution in [-0.4, -0.2) is 23.2 Å². The van der Waals surface area contributed by atoms with Gasteiger partial charge in [0.25, 0.3) is 0 Å². The normalized spacial score (nSPS) is 10.9. The number of phenolic OH excluding ortho intramolecular Hbond substituents is 1. The number of ether oxygens (including phenoxy) is 1. The molecule has 0 saturated heterocycles. The Bertz CT molecular complexity index is 899. The number of methoxy groups -OCH3 is 1. The summed E-state index contributed by atoms with van der Waals surface area (Å²) in [6, 6.07) is 11.1. The number of carbonyl (C=O) groups excluding carboxylic acids is 1. The van der Waals surface area contributed by atoms with E-state index >= 15 is 0 Å². The zero-order valence-corrected chi connectivity index (χ0v) is 13.6. The van der Waals surface area contributed by atoms with Gasteiger partial charge in [-0.1, -0.05) is 23.7 Å². The Balaban J connectivity index is 2.04. The van der Waals surface area contributed by atoms with Crippen LogP contribution in [0.3, 0.4) is 0 Å². The maximum absolute atomic E-state index is 11.7. The lowest BCUT2D eigenvalue weighted by atomic mass is 10.0. The molecule has 0 radical (unpaired) electrons. The molecule has 4 nitrogen and oxygen atoms in total. The van der Waals surface area contributed by atoms with Crippen molar-refractivity contribution in [2.45, 2.75) is 13.3 Å². The molecule has 2 N–H and O–H groups in total. The van der Waals surface area contributed by atoms with Crippen LogP contribution in [0.1, 0.15) is 27.2 Å². The second kappa shape index (κ2) is 5.97. The van der Waals surface area contributed by atoms with Crippen molar-refractivity contribution in [2.75, 3.05) is 7.11 Å². The molecule has 1 heterocycles. The fraction of sp³-hybridized carbons (Fsp3) is 0.167. The summed E-state index contributed by atoms with van der Waals surface area (Å²) in [7, 11) is 1.27. The zero-order valence-electron chi connectivity index (χ0n) is 12.8. The first-order chi connectivity index (χ1) is 11.0. The number of nitrogens with one attached hydrogen (secondary N) is 1. The number of aryl methyl sites for hydroxylation is 1. The summed E-state index contributed by atoms with van der Waals surface area (Å²) in [5, 5.41) is 11.9. The fourth-order valence-corrected chi connectivity index (χ4v) is 2.92. The van der Waals surface area contributed by atoms with Crippen LogP contribution in [0.2, 0.25) is 5.02 Å². The molecule has 0 amide bonds. The number of hydrogen-bond donors (Lipinski definition) is 2. The molecule has 0 fully saturated rings. The second-order valence-corrected chi connectivity index (χ2v) is 5.83. The van der Waals surface area contributed by atoms with Crippen molar-refractivity contribution in [1.29, 1.82) is 0 Å². The van der Waals surface area contributed by atoms with E-state index in [-0.39, 0.29) is 11.3 Å². The van der Waals surface area contributed by atoms with Crippen LogP contribution in [0.4, 0.5) is 0 Å². The molecule has 0 aliphatic carbocycles. The molecule has 0 unspecified atom stereocenters. The number of H-pyrrole nitrogens is 1. The summed E-state index contributed by atoms with van der Waals surface area (Å²) in [5.74, 6) is -0.729. The third-order valence-electron chi connectivity index (χ3n) is 3.94. The van der Waals surface area contributed by atoms with Gasteiger partial charge in [0.15, 0.2) is 0 Å². The molecule has 5 heteroatoms. The third-order valence-corrected chi connectivity index (χ3v) is 4.29. The number of rotatable bonds is 3. The Hall–Kier alpha value is -2.46. The maximum atomic E-state index is 11.7. The summed E-state index contributed by atoms with van der Waals surface area (Å²) in [4.78, 5) is 15.0. The van der Waals surface area contributed by atoms with Gasteiger partial charge in [0.05, 0.1) is 7.11 Å². The zero-order chi connectivity index (χ0) is 16.6. The van der Waals surface area contributed by atoms with Gasteiger partial charge in [-0.25, -0.2) is 4.79 Å². The first-order valence-corrected chi connectivity index (χ1v) is 7.55. The quantitative estimate of drug-likeness (QED) is 0.707. The minimum atomic E-state index is -0.590. The predicted octanol–water partition coefficient (Wildman–Crippen LogP) is 4.21. The lowest BCUT2D eigenvalue weighted by Gasteiger charge is -2.10. The Morgan fingerprint density at radius 1 is 1.30 bits per heavy atom. The number of carbonyl (C=O) groups is 1. The van der Waals surface area contributed by atoms with E-state index in [1.165, 1.54) is 18.7 Å². The van der Waals surface area contributed by atoms with Crippen LogP contribution in [0.25, 0.3) is 10.9 Å². The van der Waals surface area contributed by atoms with Crippen molar-refractivity contribution in [3.05, 3.63) is 63.8 Å². The van der Waals surface area contributed by atoms with Gasteiger partial charge in [-0.2, -0.15) is 0 Å². The smallest absolute Gasteiger partial charge is 0.341 e. The number of aromatic hydroxyl groups is 1. The molecule has 0 saturated carbocycles. The number of aromatic amines is 1. The standard InChI is InChI=1S/C18H16ClNO3/c1-10-4-3-5-16-13(10)8-11(20-16)9-14-15(19)7-6-12(17(14)21)18(22)23-2/h3-8,20-21H,9H2,1-2H3. The van der Waals surface area contributed by atoms with E-state index in [0.29, 0.717) is 17.0 Å². The van der Waals surface area contributed by atoms with Gasteiger partial charge in [0, 0.05) is 33.6 Å². The SMILES string of the molecule is COC(=O)c1ccc(Cl)c(Cc2cc3c(C)cccc3[nH]2)c1O. The highest BCUT2D eigenvalue weighted by atomic mass is 35.5. The maximum Gasteiger partial charge on any atom is 0.341 e. The van der Waals surface area contributed by atoms with Gasteiger partial charge in [0.2, 0.25) is 0 Å². The highest BCUT2D eigenvalue weighted by Crippen LogP contribution is 2.32. The molecule has 118 valence electrons. The Kier molecular flexibility index (Phi) is 4.01. The van der Waals surface area contributed by atoms with Gasteiger partial charge in [-0.05, 0) is 36.8 Å². The first kappa shape index (κ1) is 15.4. The van der Waals surface area contributed by atoms with Crippen LogP contribution >= 0.6 is 11.6 Å². The average molecular weight is 330 g/mol. The van der Waals surface area contributed by atoms with Gasteiger partial charge in [0.1, 0.15) is 11.3 Å². The molecule has 2 aromatic carbocycles. The van der Waals surface area contributed by atoms with Gasteiger partial charge < -0.3 is 14.8 Å². The molecule has 0 aliphatic heterocycles.